The van der Waals surface area contributed by atoms with Crippen LogP contribution in [0.15, 0.2) is 47.4 Å². The van der Waals surface area contributed by atoms with Crippen molar-refractivity contribution in [3.8, 4) is 5.75 Å². The van der Waals surface area contributed by atoms with E-state index >= 15 is 0 Å². The molecular formula is C21H27N5O4S. The number of amides is 2. The Balaban J connectivity index is 1.68. The topological polar surface area (TPSA) is 114 Å². The number of carbonyl (C=O) groups is 1. The molecule has 2 amide bonds. The average Bonchev–Trinajstić information content (AvgIpc) is 3.02. The van der Waals surface area contributed by atoms with Gasteiger partial charge in [0.15, 0.2) is 0 Å². The molecule has 0 bridgehead atoms. The van der Waals surface area contributed by atoms with Crippen LogP contribution in [-0.4, -0.2) is 43.7 Å². The van der Waals surface area contributed by atoms with E-state index in [1.807, 2.05) is 23.6 Å². The van der Waals surface area contributed by atoms with Crippen molar-refractivity contribution in [2.75, 3.05) is 19.0 Å². The lowest BCUT2D eigenvalue weighted by molar-refractivity contribution is 0.251. The molecule has 0 aliphatic carbocycles. The highest BCUT2D eigenvalue weighted by molar-refractivity contribution is 7.89. The van der Waals surface area contributed by atoms with E-state index in [1.165, 1.54) is 0 Å². The first-order valence-corrected chi connectivity index (χ1v) is 11.4. The Hall–Kier alpha value is -3.11. The number of aromatic nitrogens is 2. The third-order valence-electron chi connectivity index (χ3n) is 4.59. The van der Waals surface area contributed by atoms with E-state index in [9.17, 15) is 13.2 Å². The largest absolute Gasteiger partial charge is 0.495 e. The predicted octanol–water partition coefficient (Wildman–Crippen LogP) is 2.86. The molecule has 0 fully saturated rings. The second-order valence-corrected chi connectivity index (χ2v) is 9.03. The second kappa shape index (κ2) is 9.36. The molecule has 2 aromatic carbocycles. The first-order chi connectivity index (χ1) is 14.7. The SMILES string of the molecule is COc1ccccc1NC(=O)NCCn1c(C)nc2cc(S(=O)(=O)NC(C)C)ccc21. The van der Waals surface area contributed by atoms with Gasteiger partial charge in [0.1, 0.15) is 11.6 Å². The number of nitrogens with one attached hydrogen (secondary N) is 3. The fourth-order valence-electron chi connectivity index (χ4n) is 3.25. The number of nitrogens with zero attached hydrogens (tertiary/aromatic N) is 2. The summed E-state index contributed by atoms with van der Waals surface area (Å²) in [5, 5.41) is 5.57. The van der Waals surface area contributed by atoms with Crippen molar-refractivity contribution in [3.05, 3.63) is 48.3 Å². The number of fused-ring (bicyclic) bond motifs is 1. The van der Waals surface area contributed by atoms with E-state index < -0.39 is 10.0 Å². The standard InChI is InChI=1S/C21H27N5O4S/c1-14(2)25-31(28,29)16-9-10-19-18(13-16)23-15(3)26(19)12-11-22-21(27)24-17-7-5-6-8-20(17)30-4/h5-10,13-14,25H,11-12H2,1-4H3,(H2,22,24,27). The van der Waals surface area contributed by atoms with Gasteiger partial charge >= 0.3 is 6.03 Å². The second-order valence-electron chi connectivity index (χ2n) is 7.32. The van der Waals surface area contributed by atoms with Crippen LogP contribution >= 0.6 is 0 Å². The van der Waals surface area contributed by atoms with E-state index in [4.69, 9.17) is 4.74 Å². The molecule has 31 heavy (non-hydrogen) atoms. The number of para-hydroxylation sites is 2. The van der Waals surface area contributed by atoms with Gasteiger partial charge in [-0.2, -0.15) is 0 Å². The molecule has 0 radical (unpaired) electrons. The lowest BCUT2D eigenvalue weighted by atomic mass is 10.3. The summed E-state index contributed by atoms with van der Waals surface area (Å²) in [6, 6.07) is 11.5. The maximum absolute atomic E-state index is 12.4. The number of anilines is 1. The highest BCUT2D eigenvalue weighted by Gasteiger charge is 2.18. The molecule has 166 valence electrons. The summed E-state index contributed by atoms with van der Waals surface area (Å²) in [5.41, 5.74) is 1.96. The van der Waals surface area contributed by atoms with Crippen molar-refractivity contribution < 1.29 is 17.9 Å². The molecule has 9 nitrogen and oxygen atoms in total. The number of methoxy groups -OCH3 is 1. The van der Waals surface area contributed by atoms with Crippen LogP contribution in [-0.2, 0) is 16.6 Å². The van der Waals surface area contributed by atoms with Crippen molar-refractivity contribution in [1.82, 2.24) is 19.6 Å². The predicted molar refractivity (Wildman–Crippen MR) is 120 cm³/mol. The monoisotopic (exact) mass is 445 g/mol. The van der Waals surface area contributed by atoms with Crippen LogP contribution in [0.1, 0.15) is 19.7 Å². The molecule has 0 atom stereocenters. The van der Waals surface area contributed by atoms with Crippen LogP contribution in [0.3, 0.4) is 0 Å². The zero-order valence-electron chi connectivity index (χ0n) is 18.0. The van der Waals surface area contributed by atoms with Crippen LogP contribution < -0.4 is 20.1 Å². The van der Waals surface area contributed by atoms with Crippen molar-refractivity contribution >= 4 is 32.8 Å². The molecule has 10 heteroatoms. The summed E-state index contributed by atoms with van der Waals surface area (Å²) in [6.07, 6.45) is 0. The molecule has 0 saturated heterocycles. The number of benzene rings is 2. The van der Waals surface area contributed by atoms with Crippen LogP contribution in [0.4, 0.5) is 10.5 Å². The number of sulfonamides is 1. The minimum atomic E-state index is -3.59. The number of ether oxygens (including phenoxy) is 1. The number of imidazole rings is 1. The summed E-state index contributed by atoms with van der Waals surface area (Å²) in [4.78, 5) is 16.9. The first-order valence-electron chi connectivity index (χ1n) is 9.88. The molecule has 0 spiro atoms. The zero-order chi connectivity index (χ0) is 22.6. The molecule has 3 aromatic rings. The number of hydrogen-bond donors (Lipinski definition) is 3. The zero-order valence-corrected chi connectivity index (χ0v) is 18.8. The van der Waals surface area contributed by atoms with Crippen molar-refractivity contribution in [1.29, 1.82) is 0 Å². The molecule has 3 N–H and O–H groups in total. The Bertz CT molecular complexity index is 1190. The summed E-state index contributed by atoms with van der Waals surface area (Å²) in [7, 11) is -2.05. The third kappa shape index (κ3) is 5.33. The van der Waals surface area contributed by atoms with Gasteiger partial charge in [-0.05, 0) is 51.1 Å². The smallest absolute Gasteiger partial charge is 0.319 e. The van der Waals surface area contributed by atoms with Gasteiger partial charge in [-0.3, -0.25) is 0 Å². The highest BCUT2D eigenvalue weighted by atomic mass is 32.2. The Morgan fingerprint density at radius 3 is 2.65 bits per heavy atom. The molecule has 0 saturated carbocycles. The van der Waals surface area contributed by atoms with E-state index in [-0.39, 0.29) is 17.0 Å². The van der Waals surface area contributed by atoms with Gasteiger partial charge in [-0.1, -0.05) is 12.1 Å². The molecule has 0 unspecified atom stereocenters. The third-order valence-corrected chi connectivity index (χ3v) is 6.24. The Kier molecular flexibility index (Phi) is 6.81. The van der Waals surface area contributed by atoms with Gasteiger partial charge in [-0.15, -0.1) is 0 Å². The van der Waals surface area contributed by atoms with Crippen LogP contribution in [0, 0.1) is 6.92 Å². The Morgan fingerprint density at radius 2 is 1.94 bits per heavy atom. The maximum atomic E-state index is 12.4. The van der Waals surface area contributed by atoms with Crippen LogP contribution in [0.25, 0.3) is 11.0 Å². The van der Waals surface area contributed by atoms with Gasteiger partial charge in [0.2, 0.25) is 10.0 Å². The lowest BCUT2D eigenvalue weighted by Gasteiger charge is -2.12. The molecule has 3 rings (SSSR count). The number of carbonyl (C=O) groups excluding carboxylic acids is 1. The van der Waals surface area contributed by atoms with Gasteiger partial charge in [-0.25, -0.2) is 22.9 Å². The molecular weight excluding hydrogens is 418 g/mol. The Labute approximate surface area is 181 Å². The van der Waals surface area contributed by atoms with E-state index in [1.54, 1.807) is 51.3 Å². The van der Waals surface area contributed by atoms with Crippen LogP contribution in [0.5, 0.6) is 5.75 Å². The van der Waals surface area contributed by atoms with Crippen LogP contribution in [0.2, 0.25) is 0 Å². The van der Waals surface area contributed by atoms with Crippen molar-refractivity contribution in [3.63, 3.8) is 0 Å². The van der Waals surface area contributed by atoms with Crippen molar-refractivity contribution in [2.45, 2.75) is 38.3 Å². The molecule has 0 aliphatic heterocycles. The van der Waals surface area contributed by atoms with E-state index in [0.29, 0.717) is 30.0 Å². The van der Waals surface area contributed by atoms with Gasteiger partial charge < -0.3 is 19.9 Å². The fourth-order valence-corrected chi connectivity index (χ4v) is 4.52. The fraction of sp³-hybridized carbons (Fsp3) is 0.333. The number of aryl methyl sites for hydroxylation is 1. The Morgan fingerprint density at radius 1 is 1.19 bits per heavy atom. The quantitative estimate of drug-likeness (QED) is 0.493. The van der Waals surface area contributed by atoms with Crippen molar-refractivity contribution in [2.24, 2.45) is 0 Å². The number of hydrogen-bond acceptors (Lipinski definition) is 5. The van der Waals surface area contributed by atoms with E-state index in [2.05, 4.69) is 20.3 Å². The van der Waals surface area contributed by atoms with Gasteiger partial charge in [0.25, 0.3) is 0 Å². The molecule has 1 heterocycles. The minimum Gasteiger partial charge on any atom is -0.495 e. The van der Waals surface area contributed by atoms with E-state index in [0.717, 1.165) is 11.3 Å². The highest BCUT2D eigenvalue weighted by Crippen LogP contribution is 2.23. The summed E-state index contributed by atoms with van der Waals surface area (Å²) >= 11 is 0. The normalized spacial score (nSPS) is 11.6. The molecule has 0 aliphatic rings. The van der Waals surface area contributed by atoms with Gasteiger partial charge in [0, 0.05) is 19.1 Å². The average molecular weight is 446 g/mol. The lowest BCUT2D eigenvalue weighted by Crippen LogP contribution is -2.31. The first kappa shape index (κ1) is 22.6. The number of rotatable bonds is 8. The summed E-state index contributed by atoms with van der Waals surface area (Å²) in [5.74, 6) is 1.31. The van der Waals surface area contributed by atoms with Gasteiger partial charge in [0.05, 0.1) is 28.7 Å². The number of urea groups is 1. The summed E-state index contributed by atoms with van der Waals surface area (Å²) in [6.45, 7) is 6.23. The maximum Gasteiger partial charge on any atom is 0.319 e. The minimum absolute atomic E-state index is 0.174. The summed E-state index contributed by atoms with van der Waals surface area (Å²) < 4.78 is 34.6. The molecule has 1 aromatic heterocycles.